The minimum Gasteiger partial charge on any atom is -0.493 e. The molecule has 0 aliphatic rings. The van der Waals surface area contributed by atoms with Gasteiger partial charge in [-0.05, 0) is 97.5 Å². The zero-order valence-electron chi connectivity index (χ0n) is 26.8. The first-order chi connectivity index (χ1) is 20.4. The molecule has 1 heterocycles. The van der Waals surface area contributed by atoms with Gasteiger partial charge in [-0.15, -0.1) is 0 Å². The standard InChI is InChI=1S/C37H46FN3O2/c1-8-36(4,5)28-16-21-34(31(24-28)37(6,7)9-2)43-23-11-10-22-39-35(42)33-25-32(27-14-17-29(38)18-15-27)40-41(33)30-19-12-26(3)13-20-30/h12-21,24-25H,8-11,22-23H2,1-7H3,(H,39,42). The fraction of sp³-hybridized carbons (Fsp3) is 0.405. The van der Waals surface area contributed by atoms with E-state index in [0.29, 0.717) is 24.5 Å². The van der Waals surface area contributed by atoms with Crippen LogP contribution in [-0.4, -0.2) is 28.8 Å². The largest absolute Gasteiger partial charge is 0.493 e. The molecule has 0 atom stereocenters. The Morgan fingerprint density at radius 1 is 0.884 bits per heavy atom. The van der Waals surface area contributed by atoms with Gasteiger partial charge in [0.05, 0.1) is 18.0 Å². The van der Waals surface area contributed by atoms with Crippen LogP contribution in [-0.2, 0) is 10.8 Å². The molecule has 0 unspecified atom stereocenters. The molecule has 0 spiro atoms. The van der Waals surface area contributed by atoms with E-state index in [2.05, 4.69) is 65.1 Å². The first kappa shape index (κ1) is 32.0. The second-order valence-corrected chi connectivity index (χ2v) is 12.7. The van der Waals surface area contributed by atoms with Gasteiger partial charge in [-0.3, -0.25) is 4.79 Å². The number of rotatable bonds is 13. The van der Waals surface area contributed by atoms with Gasteiger partial charge in [-0.25, -0.2) is 9.07 Å². The van der Waals surface area contributed by atoms with Crippen LogP contribution < -0.4 is 10.1 Å². The van der Waals surface area contributed by atoms with Gasteiger partial charge in [0.1, 0.15) is 17.3 Å². The van der Waals surface area contributed by atoms with Crippen molar-refractivity contribution in [3.8, 4) is 22.7 Å². The van der Waals surface area contributed by atoms with E-state index in [1.54, 1.807) is 22.9 Å². The summed E-state index contributed by atoms with van der Waals surface area (Å²) in [6, 6.07) is 22.4. The summed E-state index contributed by atoms with van der Waals surface area (Å²) in [5.41, 5.74) is 6.42. The molecule has 1 amide bonds. The Labute approximate surface area is 256 Å². The normalized spacial score (nSPS) is 11.9. The van der Waals surface area contributed by atoms with Gasteiger partial charge in [-0.2, -0.15) is 5.10 Å². The molecule has 1 N–H and O–H groups in total. The highest BCUT2D eigenvalue weighted by atomic mass is 19.1. The fourth-order valence-corrected chi connectivity index (χ4v) is 4.89. The number of aromatic nitrogens is 2. The average molecular weight is 584 g/mol. The van der Waals surface area contributed by atoms with Crippen molar-refractivity contribution < 1.29 is 13.9 Å². The maximum absolute atomic E-state index is 13.5. The molecular formula is C37H46FN3O2. The molecule has 0 saturated carbocycles. The second-order valence-electron chi connectivity index (χ2n) is 12.7. The van der Waals surface area contributed by atoms with Crippen LogP contribution in [0.25, 0.3) is 16.9 Å². The van der Waals surface area contributed by atoms with Crippen molar-refractivity contribution in [2.24, 2.45) is 0 Å². The molecule has 0 fully saturated rings. The molecule has 3 aromatic carbocycles. The van der Waals surface area contributed by atoms with Crippen LogP contribution in [0, 0.1) is 12.7 Å². The summed E-state index contributed by atoms with van der Waals surface area (Å²) >= 11 is 0. The first-order valence-corrected chi connectivity index (χ1v) is 15.4. The van der Waals surface area contributed by atoms with Crippen LogP contribution in [0.15, 0.2) is 72.8 Å². The van der Waals surface area contributed by atoms with Crippen LogP contribution in [0.4, 0.5) is 4.39 Å². The third-order valence-electron chi connectivity index (χ3n) is 8.73. The van der Waals surface area contributed by atoms with Crippen molar-refractivity contribution in [2.45, 2.75) is 85.0 Å². The van der Waals surface area contributed by atoms with Crippen LogP contribution in [0.5, 0.6) is 5.75 Å². The summed E-state index contributed by atoms with van der Waals surface area (Å²) < 4.78 is 21.5. The fourth-order valence-electron chi connectivity index (χ4n) is 4.89. The van der Waals surface area contributed by atoms with Gasteiger partial charge < -0.3 is 10.1 Å². The molecule has 6 heteroatoms. The maximum atomic E-state index is 13.5. The van der Waals surface area contributed by atoms with Crippen LogP contribution in [0.1, 0.15) is 94.4 Å². The van der Waals surface area contributed by atoms with Gasteiger partial charge in [-0.1, -0.05) is 71.4 Å². The highest BCUT2D eigenvalue weighted by Gasteiger charge is 2.26. The molecule has 4 aromatic rings. The number of nitrogens with zero attached hydrogens (tertiary/aromatic N) is 2. The van der Waals surface area contributed by atoms with E-state index in [9.17, 15) is 9.18 Å². The SMILES string of the molecule is CCC(C)(C)c1ccc(OCCCCNC(=O)c2cc(-c3ccc(F)cc3)nn2-c2ccc(C)cc2)c(C(C)(C)CC)c1. The molecule has 1 aromatic heterocycles. The Bertz CT molecular complexity index is 1520. The maximum Gasteiger partial charge on any atom is 0.270 e. The van der Waals surface area contributed by atoms with E-state index in [4.69, 9.17) is 9.84 Å². The molecule has 0 aliphatic carbocycles. The highest BCUT2D eigenvalue weighted by molar-refractivity contribution is 5.94. The third kappa shape index (κ3) is 7.73. The van der Waals surface area contributed by atoms with Crippen LogP contribution >= 0.6 is 0 Å². The lowest BCUT2D eigenvalue weighted by molar-refractivity contribution is 0.0944. The second kappa shape index (κ2) is 13.6. The number of unbranched alkanes of at least 4 members (excludes halogenated alkanes) is 1. The number of carbonyl (C=O) groups is 1. The van der Waals surface area contributed by atoms with Crippen molar-refractivity contribution in [2.75, 3.05) is 13.2 Å². The molecule has 0 saturated heterocycles. The Hall–Kier alpha value is -3.93. The summed E-state index contributed by atoms with van der Waals surface area (Å²) in [7, 11) is 0. The lowest BCUT2D eigenvalue weighted by atomic mass is 9.76. The molecule has 4 rings (SSSR count). The first-order valence-electron chi connectivity index (χ1n) is 15.4. The molecule has 0 radical (unpaired) electrons. The van der Waals surface area contributed by atoms with E-state index < -0.39 is 0 Å². The molecular weight excluding hydrogens is 537 g/mol. The number of halogens is 1. The van der Waals surface area contributed by atoms with Crippen LogP contribution in [0.3, 0.4) is 0 Å². The number of hydrogen-bond acceptors (Lipinski definition) is 3. The van der Waals surface area contributed by atoms with E-state index in [0.717, 1.165) is 48.2 Å². The molecule has 0 aliphatic heterocycles. The summed E-state index contributed by atoms with van der Waals surface area (Å²) in [6.07, 6.45) is 3.69. The number of amides is 1. The van der Waals surface area contributed by atoms with Crippen molar-refractivity contribution >= 4 is 5.91 Å². The predicted molar refractivity (Wildman–Crippen MR) is 174 cm³/mol. The minimum absolute atomic E-state index is 0.0102. The lowest BCUT2D eigenvalue weighted by Gasteiger charge is -2.30. The Kier molecular flexibility index (Phi) is 10.1. The monoisotopic (exact) mass is 583 g/mol. The third-order valence-corrected chi connectivity index (χ3v) is 8.73. The Morgan fingerprint density at radius 2 is 1.56 bits per heavy atom. The number of aryl methyl sites for hydroxylation is 1. The van der Waals surface area contributed by atoms with Crippen molar-refractivity contribution in [3.63, 3.8) is 0 Å². The van der Waals surface area contributed by atoms with Crippen molar-refractivity contribution in [3.05, 3.63) is 101 Å². The van der Waals surface area contributed by atoms with Gasteiger partial charge in [0.2, 0.25) is 0 Å². The lowest BCUT2D eigenvalue weighted by Crippen LogP contribution is -2.27. The quantitative estimate of drug-likeness (QED) is 0.160. The van der Waals surface area contributed by atoms with Crippen molar-refractivity contribution in [1.82, 2.24) is 15.1 Å². The number of hydrogen-bond donors (Lipinski definition) is 1. The van der Waals surface area contributed by atoms with Crippen molar-refractivity contribution in [1.29, 1.82) is 0 Å². The topological polar surface area (TPSA) is 56.1 Å². The van der Waals surface area contributed by atoms with E-state index >= 15 is 0 Å². The predicted octanol–water partition coefficient (Wildman–Crippen LogP) is 8.95. The van der Waals surface area contributed by atoms with Gasteiger partial charge in [0, 0.05) is 17.7 Å². The summed E-state index contributed by atoms with van der Waals surface area (Å²) in [5.74, 6) is 0.428. The van der Waals surface area contributed by atoms with Crippen LogP contribution in [0.2, 0.25) is 0 Å². The smallest absolute Gasteiger partial charge is 0.270 e. The number of ether oxygens (including phenoxy) is 1. The zero-order chi connectivity index (χ0) is 31.2. The van der Waals surface area contributed by atoms with E-state index in [1.165, 1.54) is 23.3 Å². The summed E-state index contributed by atoms with van der Waals surface area (Å²) in [6.45, 7) is 16.7. The zero-order valence-corrected chi connectivity index (χ0v) is 26.8. The number of nitrogens with one attached hydrogen (secondary N) is 1. The van der Waals surface area contributed by atoms with Gasteiger partial charge in [0.15, 0.2) is 0 Å². The highest BCUT2D eigenvalue weighted by Crippen LogP contribution is 2.38. The number of benzene rings is 3. The summed E-state index contributed by atoms with van der Waals surface area (Å²) in [4.78, 5) is 13.3. The summed E-state index contributed by atoms with van der Waals surface area (Å²) in [5, 5.41) is 7.75. The molecule has 228 valence electrons. The minimum atomic E-state index is -0.314. The molecule has 0 bridgehead atoms. The van der Waals surface area contributed by atoms with Gasteiger partial charge >= 0.3 is 0 Å². The molecule has 43 heavy (non-hydrogen) atoms. The van der Waals surface area contributed by atoms with E-state index in [1.807, 2.05) is 31.2 Å². The van der Waals surface area contributed by atoms with Gasteiger partial charge in [0.25, 0.3) is 5.91 Å². The Morgan fingerprint density at radius 3 is 2.21 bits per heavy atom. The molecule has 5 nitrogen and oxygen atoms in total. The number of carbonyl (C=O) groups excluding carboxylic acids is 1. The average Bonchev–Trinajstić information content (AvgIpc) is 3.45. The van der Waals surface area contributed by atoms with E-state index in [-0.39, 0.29) is 22.6 Å². The Balaban J connectivity index is 1.40.